The Morgan fingerprint density at radius 1 is 0.750 bits per heavy atom. The van der Waals surface area contributed by atoms with Gasteiger partial charge in [-0.2, -0.15) is 0 Å². The molecule has 10 N–H and O–H groups in total. The zero-order valence-electron chi connectivity index (χ0n) is 36.1. The van der Waals surface area contributed by atoms with Gasteiger partial charge in [0.25, 0.3) is 0 Å². The Balaban J connectivity index is 2.13. The number of carbonyl (C=O) groups is 10. The number of carboxylic acids is 1. The van der Waals surface area contributed by atoms with Gasteiger partial charge in [-0.15, -0.1) is 11.8 Å². The summed E-state index contributed by atoms with van der Waals surface area (Å²) in [5.41, 5.74) is 11.6. The molecule has 2 bridgehead atoms. The number of nitrogens with zero attached hydrogens (tertiary/aromatic N) is 1. The molecule has 352 valence electrons. The number of fused-ring (bicyclic) bond motifs is 5. The average Bonchev–Trinajstić information content (AvgIpc) is 3.24. The molecule has 2 fully saturated rings. The first kappa shape index (κ1) is 53.4. The highest BCUT2D eigenvalue weighted by atomic mass is 33.1. The molecule has 0 aromatic heterocycles. The predicted octanol–water partition coefficient (Wildman–Crippen LogP) is 0.460. The van der Waals surface area contributed by atoms with Gasteiger partial charge in [0.2, 0.25) is 29.5 Å². The fourth-order valence-corrected chi connectivity index (χ4v) is 10.2. The smallest absolute Gasteiger partial charge is 0.304 e. The first-order chi connectivity index (χ1) is 30.5. The lowest BCUT2D eigenvalue weighted by molar-refractivity contribution is -0.142. The summed E-state index contributed by atoms with van der Waals surface area (Å²) in [7, 11) is 2.14. The number of ketones is 4. The number of thioether (sulfide) groups is 1. The van der Waals surface area contributed by atoms with Crippen LogP contribution in [0.5, 0.6) is 0 Å². The van der Waals surface area contributed by atoms with Crippen molar-refractivity contribution >= 4 is 97.9 Å². The molecule has 1 aromatic carbocycles. The number of guanidine groups is 1. The van der Waals surface area contributed by atoms with E-state index in [9.17, 15) is 53.1 Å². The van der Waals surface area contributed by atoms with E-state index >= 15 is 0 Å². The number of aliphatic imine (C=N–C) groups is 1. The van der Waals surface area contributed by atoms with Gasteiger partial charge in [-0.1, -0.05) is 71.7 Å². The Labute approximate surface area is 384 Å². The third-order valence-electron chi connectivity index (χ3n) is 10.5. The lowest BCUT2D eigenvalue weighted by Crippen LogP contribution is -2.53. The number of aliphatic carboxylic acids is 1. The van der Waals surface area contributed by atoms with Gasteiger partial charge in [-0.05, 0) is 38.2 Å². The number of nitrogens with two attached hydrogens (primary N) is 2. The molecule has 0 aliphatic carbocycles. The van der Waals surface area contributed by atoms with Gasteiger partial charge in [0.05, 0.1) is 42.8 Å². The van der Waals surface area contributed by atoms with Gasteiger partial charge in [0.15, 0.2) is 29.1 Å². The third kappa shape index (κ3) is 19.4. The summed E-state index contributed by atoms with van der Waals surface area (Å²) >= 11 is 1.05. The van der Waals surface area contributed by atoms with Crippen LogP contribution in [0.25, 0.3) is 0 Å². The zero-order valence-corrected chi connectivity index (χ0v) is 38.5. The van der Waals surface area contributed by atoms with Crippen LogP contribution in [0, 0.1) is 17.8 Å². The van der Waals surface area contributed by atoms with E-state index in [1.54, 1.807) is 30.3 Å². The summed E-state index contributed by atoms with van der Waals surface area (Å²) in [6, 6.07) is 4.19. The molecule has 2 unspecified atom stereocenters. The molecule has 2 saturated heterocycles. The second-order valence-corrected chi connectivity index (χ2v) is 19.4. The van der Waals surface area contributed by atoms with Crippen LogP contribution < -0.4 is 38.1 Å². The topological polar surface area (TPSA) is 315 Å². The maximum Gasteiger partial charge on any atom is 0.304 e. The molecule has 1 aromatic rings. The van der Waals surface area contributed by atoms with Crippen LogP contribution in [0.15, 0.2) is 35.3 Å². The zero-order chi connectivity index (χ0) is 47.2. The molecule has 0 radical (unpaired) electrons. The minimum absolute atomic E-state index is 0.0141. The van der Waals surface area contributed by atoms with E-state index in [-0.39, 0.29) is 67.6 Å². The third-order valence-corrected chi connectivity index (χ3v) is 13.9. The first-order valence-corrected chi connectivity index (χ1v) is 24.8. The molecule has 2 aliphatic heterocycles. The molecule has 19 nitrogen and oxygen atoms in total. The SMILES string of the molecule is CCCC[C@@H]1NC(=O)CSCC(C(C)=O)NC(=O)C(Cc2ccccc2)CC(=O)[C@@H]2CSSC[C@H](NC1=O)C(=O)C[C@@H](CCCN=C(N)N)C(=O)NCC(=O)C[C@@H](CC(=O)O)C(=O)N2. The highest BCUT2D eigenvalue weighted by Gasteiger charge is 2.35. The maximum atomic E-state index is 14.3. The highest BCUT2D eigenvalue weighted by Crippen LogP contribution is 2.27. The van der Waals surface area contributed by atoms with Crippen molar-refractivity contribution in [3.63, 3.8) is 0 Å². The van der Waals surface area contributed by atoms with Crippen LogP contribution >= 0.6 is 33.3 Å². The van der Waals surface area contributed by atoms with Gasteiger partial charge in [-0.3, -0.25) is 52.9 Å². The molecule has 2 heterocycles. The molecule has 64 heavy (non-hydrogen) atoms. The summed E-state index contributed by atoms with van der Waals surface area (Å²) in [4.78, 5) is 139. The van der Waals surface area contributed by atoms with Crippen LogP contribution in [0.1, 0.15) is 77.2 Å². The van der Waals surface area contributed by atoms with Crippen molar-refractivity contribution in [1.29, 1.82) is 0 Å². The number of unbranched alkanes of at least 4 members (excludes halogenated alkanes) is 1. The fourth-order valence-electron chi connectivity index (χ4n) is 6.90. The molecule has 7 atom stereocenters. The van der Waals surface area contributed by atoms with Gasteiger partial charge < -0.3 is 43.2 Å². The quantitative estimate of drug-likeness (QED) is 0.0611. The summed E-state index contributed by atoms with van der Waals surface area (Å²) in [6.45, 7) is 2.71. The number of benzene rings is 1. The number of carboxylic acid groups (broad SMARTS) is 1. The monoisotopic (exact) mass is 948 g/mol. The Morgan fingerprint density at radius 2 is 1.38 bits per heavy atom. The van der Waals surface area contributed by atoms with E-state index in [1.165, 1.54) is 6.92 Å². The largest absolute Gasteiger partial charge is 0.481 e. The Hall–Kier alpha value is -4.96. The van der Waals surface area contributed by atoms with Crippen LogP contribution in [-0.4, -0.2) is 130 Å². The molecular formula is C42H60N8O11S3. The molecule has 3 rings (SSSR count). The Bertz CT molecular complexity index is 1870. The molecule has 2 aliphatic rings. The minimum Gasteiger partial charge on any atom is -0.481 e. The Kier molecular flexibility index (Phi) is 23.4. The maximum absolute atomic E-state index is 14.3. The van der Waals surface area contributed by atoms with Crippen LogP contribution in [0.2, 0.25) is 0 Å². The van der Waals surface area contributed by atoms with Crippen LogP contribution in [0.4, 0.5) is 0 Å². The number of carbonyl (C=O) groups excluding carboxylic acids is 9. The van der Waals surface area contributed by atoms with Crippen LogP contribution in [0.3, 0.4) is 0 Å². The van der Waals surface area contributed by atoms with E-state index in [1.807, 2.05) is 6.92 Å². The second-order valence-electron chi connectivity index (χ2n) is 15.8. The summed E-state index contributed by atoms with van der Waals surface area (Å²) in [6.07, 6.45) is -0.308. The molecular weight excluding hydrogens is 889 g/mol. The van der Waals surface area contributed by atoms with E-state index < -0.39 is 126 Å². The summed E-state index contributed by atoms with van der Waals surface area (Å²) in [5, 5.41) is 23.1. The molecule has 0 saturated carbocycles. The first-order valence-electron chi connectivity index (χ1n) is 21.2. The van der Waals surface area contributed by atoms with Gasteiger partial charge in [0.1, 0.15) is 6.04 Å². The lowest BCUT2D eigenvalue weighted by atomic mass is 9.90. The number of hydrogen-bond donors (Lipinski definition) is 8. The van der Waals surface area contributed by atoms with Gasteiger partial charge in [0, 0.05) is 54.9 Å². The molecule has 5 amide bonds. The average molecular weight is 949 g/mol. The minimum atomic E-state index is -1.45. The van der Waals surface area contributed by atoms with Crippen molar-refractivity contribution in [3.8, 4) is 0 Å². The van der Waals surface area contributed by atoms with Crippen molar-refractivity contribution in [3.05, 3.63) is 35.9 Å². The summed E-state index contributed by atoms with van der Waals surface area (Å²) in [5.74, 6) is -11.1. The molecule has 0 spiro atoms. The van der Waals surface area contributed by atoms with E-state index in [0.717, 1.165) is 33.3 Å². The second kappa shape index (κ2) is 28.1. The number of amides is 5. The number of Topliss-reactive ketones (excluding diaryl/α,β-unsaturated/α-hetero) is 4. The van der Waals surface area contributed by atoms with Gasteiger partial charge in [-0.25, -0.2) is 0 Å². The lowest BCUT2D eigenvalue weighted by Gasteiger charge is -2.26. The van der Waals surface area contributed by atoms with E-state index in [4.69, 9.17) is 11.5 Å². The van der Waals surface area contributed by atoms with Crippen molar-refractivity contribution < 1.29 is 53.1 Å². The highest BCUT2D eigenvalue weighted by molar-refractivity contribution is 8.76. The number of nitrogens with one attached hydrogen (secondary N) is 5. The van der Waals surface area contributed by atoms with E-state index in [2.05, 4.69) is 31.6 Å². The normalized spacial score (nSPS) is 25.6. The number of rotatable bonds is 12. The van der Waals surface area contributed by atoms with E-state index in [0.29, 0.717) is 18.4 Å². The number of hydrogen-bond acceptors (Lipinski definition) is 14. The predicted molar refractivity (Wildman–Crippen MR) is 245 cm³/mol. The molecule has 22 heteroatoms. The summed E-state index contributed by atoms with van der Waals surface area (Å²) < 4.78 is 0. The standard InChI is InChI=1S/C42H60N8O11S3/c1-3-4-12-30-41(61)50-33-22-64-63-21-32(35(54)17-27(14-25-9-6-5-7-10-25)39(59)48-31(24(2)51)20-62-23-36(55)47-30)49-40(60)28(18-37(56)57)15-29(52)19-46-38(58)26(16-34(33)53)11-8-13-45-42(43)44/h5-7,9-10,26-28,30-33H,3-4,8,11-23H2,1-2H3,(H,46,58)(H,47,55)(H,48,59)(H,49,60)(H,50,61)(H,56,57)(H4,43,44,45)/t26-,27?,28+,30+,31?,32+,33+/m1/s1. The van der Waals surface area contributed by atoms with Crippen molar-refractivity contribution in [2.75, 3.05) is 36.1 Å². The van der Waals surface area contributed by atoms with Crippen molar-refractivity contribution in [2.24, 2.45) is 34.2 Å². The Morgan fingerprint density at radius 3 is 1.98 bits per heavy atom. The van der Waals surface area contributed by atoms with Gasteiger partial charge >= 0.3 is 5.97 Å². The van der Waals surface area contributed by atoms with Crippen molar-refractivity contribution in [1.82, 2.24) is 26.6 Å². The van der Waals surface area contributed by atoms with Crippen molar-refractivity contribution in [2.45, 2.75) is 102 Å². The van der Waals surface area contributed by atoms with Crippen LogP contribution in [-0.2, 0) is 54.4 Å². The fraction of sp³-hybridized carbons (Fsp3) is 0.595.